The zero-order valence-corrected chi connectivity index (χ0v) is 12.5. The predicted octanol–water partition coefficient (Wildman–Crippen LogP) is 3.78. The number of aryl methyl sites for hydroxylation is 2. The minimum atomic E-state index is 0.602. The van der Waals surface area contributed by atoms with Crippen LogP contribution in [-0.2, 0) is 0 Å². The van der Waals surface area contributed by atoms with Crippen molar-refractivity contribution in [2.75, 3.05) is 5.32 Å². The van der Waals surface area contributed by atoms with Gasteiger partial charge in [-0.3, -0.25) is 0 Å². The third-order valence-electron chi connectivity index (χ3n) is 4.53. The fraction of sp³-hybridized carbons (Fsp3) is 0.562. The van der Waals surface area contributed by atoms with E-state index in [9.17, 15) is 0 Å². The Hall–Kier alpha value is -1.09. The summed E-state index contributed by atoms with van der Waals surface area (Å²) in [6.45, 7) is 4.23. The van der Waals surface area contributed by atoms with Gasteiger partial charge in [-0.15, -0.1) is 0 Å². The standard InChI is InChI=1S/C16H22N2S/c1-10-5-11(2)7-14(6-10)17-16(19)18-15-9-12-3-4-13(15)8-12/h5-7,12-13,15H,3-4,8-9H2,1-2H3,(H2,17,18,19)/t12-,13+,15+/m0/s1. The number of benzene rings is 1. The SMILES string of the molecule is Cc1cc(C)cc(NC(=S)N[C@@H]2C[C@H]3CC[C@@H]2C3)c1. The topological polar surface area (TPSA) is 24.1 Å². The maximum atomic E-state index is 5.45. The Kier molecular flexibility index (Phi) is 3.48. The second-order valence-corrected chi connectivity index (χ2v) is 6.66. The summed E-state index contributed by atoms with van der Waals surface area (Å²) in [4.78, 5) is 0. The average molecular weight is 274 g/mol. The van der Waals surface area contributed by atoms with Gasteiger partial charge in [0.2, 0.25) is 0 Å². The van der Waals surface area contributed by atoms with Gasteiger partial charge in [0, 0.05) is 11.7 Å². The lowest BCUT2D eigenvalue weighted by molar-refractivity contribution is 0.392. The van der Waals surface area contributed by atoms with Gasteiger partial charge in [0.25, 0.3) is 0 Å². The van der Waals surface area contributed by atoms with Gasteiger partial charge in [-0.05, 0) is 80.4 Å². The number of thiocarbonyl (C=S) groups is 1. The first-order valence-corrected chi connectivity index (χ1v) is 7.67. The van der Waals surface area contributed by atoms with E-state index in [-0.39, 0.29) is 0 Å². The molecule has 3 rings (SSSR count). The number of rotatable bonds is 2. The quantitative estimate of drug-likeness (QED) is 0.803. The highest BCUT2D eigenvalue weighted by Gasteiger charge is 2.39. The Bertz CT molecular complexity index is 477. The fourth-order valence-electron chi connectivity index (χ4n) is 3.80. The van der Waals surface area contributed by atoms with Crippen molar-refractivity contribution >= 4 is 23.0 Å². The van der Waals surface area contributed by atoms with Crippen LogP contribution in [0.4, 0.5) is 5.69 Å². The molecule has 2 nitrogen and oxygen atoms in total. The second-order valence-electron chi connectivity index (χ2n) is 6.26. The molecule has 0 amide bonds. The Morgan fingerprint density at radius 1 is 1.11 bits per heavy atom. The van der Waals surface area contributed by atoms with Crippen LogP contribution in [0.25, 0.3) is 0 Å². The molecule has 3 heteroatoms. The number of fused-ring (bicyclic) bond motifs is 2. The Morgan fingerprint density at radius 3 is 2.42 bits per heavy atom. The lowest BCUT2D eigenvalue weighted by Crippen LogP contribution is -2.40. The van der Waals surface area contributed by atoms with E-state index >= 15 is 0 Å². The molecule has 0 aromatic heterocycles. The van der Waals surface area contributed by atoms with Crippen LogP contribution in [0, 0.1) is 25.7 Å². The minimum Gasteiger partial charge on any atom is -0.359 e. The molecule has 2 aliphatic rings. The van der Waals surface area contributed by atoms with E-state index in [4.69, 9.17) is 12.2 Å². The van der Waals surface area contributed by atoms with E-state index in [0.29, 0.717) is 6.04 Å². The third kappa shape index (κ3) is 2.92. The molecule has 19 heavy (non-hydrogen) atoms. The first-order chi connectivity index (χ1) is 9.10. The highest BCUT2D eigenvalue weighted by atomic mass is 32.1. The minimum absolute atomic E-state index is 0.602. The van der Waals surface area contributed by atoms with Gasteiger partial charge in [0.1, 0.15) is 0 Å². The molecule has 0 unspecified atom stereocenters. The maximum Gasteiger partial charge on any atom is 0.171 e. The lowest BCUT2D eigenvalue weighted by atomic mass is 9.95. The van der Waals surface area contributed by atoms with E-state index in [1.165, 1.54) is 36.8 Å². The molecule has 1 aromatic rings. The summed E-state index contributed by atoms with van der Waals surface area (Å²) >= 11 is 5.45. The van der Waals surface area contributed by atoms with Crippen molar-refractivity contribution in [1.29, 1.82) is 0 Å². The van der Waals surface area contributed by atoms with Crippen LogP contribution in [0.2, 0.25) is 0 Å². The van der Waals surface area contributed by atoms with Crippen LogP contribution in [0.3, 0.4) is 0 Å². The van der Waals surface area contributed by atoms with E-state index in [1.54, 1.807) is 0 Å². The molecular formula is C16H22N2S. The van der Waals surface area contributed by atoms with Crippen LogP contribution in [0.1, 0.15) is 36.8 Å². The highest BCUT2D eigenvalue weighted by Crippen LogP contribution is 2.44. The highest BCUT2D eigenvalue weighted by molar-refractivity contribution is 7.80. The van der Waals surface area contributed by atoms with Crippen molar-refractivity contribution in [3.8, 4) is 0 Å². The van der Waals surface area contributed by atoms with Crippen LogP contribution in [0.5, 0.6) is 0 Å². The van der Waals surface area contributed by atoms with Gasteiger partial charge in [-0.25, -0.2) is 0 Å². The monoisotopic (exact) mass is 274 g/mol. The van der Waals surface area contributed by atoms with E-state index < -0.39 is 0 Å². The molecule has 2 N–H and O–H groups in total. The van der Waals surface area contributed by atoms with Gasteiger partial charge in [0.15, 0.2) is 5.11 Å². The molecular weight excluding hydrogens is 252 g/mol. The third-order valence-corrected chi connectivity index (χ3v) is 4.75. The second kappa shape index (κ2) is 5.12. The smallest absolute Gasteiger partial charge is 0.171 e. The number of anilines is 1. The summed E-state index contributed by atoms with van der Waals surface area (Å²) in [7, 11) is 0. The first kappa shape index (κ1) is 12.9. The molecule has 0 saturated heterocycles. The normalized spacial score (nSPS) is 28.4. The van der Waals surface area contributed by atoms with Crippen molar-refractivity contribution in [3.63, 3.8) is 0 Å². The molecule has 2 aliphatic carbocycles. The predicted molar refractivity (Wildman–Crippen MR) is 84.5 cm³/mol. The molecule has 1 aromatic carbocycles. The molecule has 0 spiro atoms. The zero-order chi connectivity index (χ0) is 13.4. The van der Waals surface area contributed by atoms with E-state index in [0.717, 1.165) is 22.6 Å². The summed E-state index contributed by atoms with van der Waals surface area (Å²) in [6, 6.07) is 7.06. The zero-order valence-electron chi connectivity index (χ0n) is 11.7. The van der Waals surface area contributed by atoms with E-state index in [2.05, 4.69) is 42.7 Å². The van der Waals surface area contributed by atoms with Crippen molar-refractivity contribution in [2.45, 2.75) is 45.6 Å². The summed E-state index contributed by atoms with van der Waals surface area (Å²) in [6.07, 6.45) is 5.53. The van der Waals surface area contributed by atoms with Gasteiger partial charge in [-0.2, -0.15) is 0 Å². The largest absolute Gasteiger partial charge is 0.359 e. The van der Waals surface area contributed by atoms with Crippen LogP contribution in [0.15, 0.2) is 18.2 Å². The summed E-state index contributed by atoms with van der Waals surface area (Å²) < 4.78 is 0. The number of hydrogen-bond donors (Lipinski definition) is 2. The lowest BCUT2D eigenvalue weighted by Gasteiger charge is -2.24. The van der Waals surface area contributed by atoms with Crippen molar-refractivity contribution in [3.05, 3.63) is 29.3 Å². The average Bonchev–Trinajstić information content (AvgIpc) is 2.88. The molecule has 2 fully saturated rings. The summed E-state index contributed by atoms with van der Waals surface area (Å²) in [5.74, 6) is 1.80. The van der Waals surface area contributed by atoms with Gasteiger partial charge >= 0.3 is 0 Å². The van der Waals surface area contributed by atoms with Gasteiger partial charge in [-0.1, -0.05) is 12.5 Å². The molecule has 2 saturated carbocycles. The van der Waals surface area contributed by atoms with Gasteiger partial charge < -0.3 is 10.6 Å². The molecule has 0 radical (unpaired) electrons. The Morgan fingerprint density at radius 2 is 1.84 bits per heavy atom. The molecule has 2 bridgehead atoms. The molecule has 0 heterocycles. The van der Waals surface area contributed by atoms with Crippen LogP contribution >= 0.6 is 12.2 Å². The van der Waals surface area contributed by atoms with Crippen molar-refractivity contribution in [1.82, 2.24) is 5.32 Å². The van der Waals surface area contributed by atoms with Crippen molar-refractivity contribution < 1.29 is 0 Å². The maximum absolute atomic E-state index is 5.45. The Balaban J connectivity index is 1.59. The van der Waals surface area contributed by atoms with E-state index in [1.807, 2.05) is 0 Å². The molecule has 3 atom stereocenters. The van der Waals surface area contributed by atoms with Crippen molar-refractivity contribution in [2.24, 2.45) is 11.8 Å². The number of nitrogens with one attached hydrogen (secondary N) is 2. The molecule has 102 valence electrons. The van der Waals surface area contributed by atoms with Crippen LogP contribution < -0.4 is 10.6 Å². The Labute approximate surface area is 121 Å². The number of hydrogen-bond acceptors (Lipinski definition) is 1. The van der Waals surface area contributed by atoms with Crippen LogP contribution in [-0.4, -0.2) is 11.2 Å². The summed E-state index contributed by atoms with van der Waals surface area (Å²) in [5, 5.41) is 7.63. The molecule has 0 aliphatic heterocycles. The fourth-order valence-corrected chi connectivity index (χ4v) is 4.07. The van der Waals surface area contributed by atoms with Gasteiger partial charge in [0.05, 0.1) is 0 Å². The first-order valence-electron chi connectivity index (χ1n) is 7.26. The summed E-state index contributed by atoms with van der Waals surface area (Å²) in [5.41, 5.74) is 3.63.